The van der Waals surface area contributed by atoms with Crippen LogP contribution in [0.3, 0.4) is 0 Å². The van der Waals surface area contributed by atoms with Crippen LogP contribution >= 0.6 is 0 Å². The molecule has 0 saturated carbocycles. The van der Waals surface area contributed by atoms with E-state index in [2.05, 4.69) is 16.4 Å². The van der Waals surface area contributed by atoms with Crippen LogP contribution in [0, 0.1) is 0 Å². The van der Waals surface area contributed by atoms with Gasteiger partial charge in [-0.1, -0.05) is 0 Å². The second kappa shape index (κ2) is 6.20. The zero-order valence-electron chi connectivity index (χ0n) is 11.4. The van der Waals surface area contributed by atoms with Gasteiger partial charge in [-0.05, 0) is 42.9 Å². The highest BCUT2D eigenvalue weighted by atomic mass is 16.5. The van der Waals surface area contributed by atoms with Gasteiger partial charge in [-0.25, -0.2) is 0 Å². The highest BCUT2D eigenvalue weighted by molar-refractivity contribution is 5.64. The van der Waals surface area contributed by atoms with Crippen LogP contribution in [0.25, 0.3) is 11.3 Å². The van der Waals surface area contributed by atoms with E-state index in [-0.39, 0.29) is 0 Å². The molecule has 4 heteroatoms. The predicted octanol–water partition coefficient (Wildman–Crippen LogP) is 2.49. The van der Waals surface area contributed by atoms with E-state index >= 15 is 0 Å². The maximum absolute atomic E-state index is 5.31. The summed E-state index contributed by atoms with van der Waals surface area (Å²) in [5.74, 6) is 1.43. The third-order valence-corrected chi connectivity index (χ3v) is 2.88. The average Bonchev–Trinajstić information content (AvgIpc) is 2.47. The third-order valence-electron chi connectivity index (χ3n) is 2.88. The number of hydrogen-bond acceptors (Lipinski definition) is 4. The van der Waals surface area contributed by atoms with E-state index < -0.39 is 0 Å². The average molecular weight is 258 g/mol. The van der Waals surface area contributed by atoms with Crippen LogP contribution in [0.4, 0.5) is 0 Å². The number of pyridine rings is 1. The van der Waals surface area contributed by atoms with E-state index in [4.69, 9.17) is 9.47 Å². The van der Waals surface area contributed by atoms with Crippen molar-refractivity contribution in [2.45, 2.75) is 6.54 Å². The molecule has 1 aromatic carbocycles. The zero-order chi connectivity index (χ0) is 13.7. The van der Waals surface area contributed by atoms with Crippen molar-refractivity contribution in [2.24, 2.45) is 0 Å². The maximum Gasteiger partial charge on any atom is 0.161 e. The van der Waals surface area contributed by atoms with Crippen molar-refractivity contribution in [1.29, 1.82) is 0 Å². The summed E-state index contributed by atoms with van der Waals surface area (Å²) in [6.07, 6.45) is 1.82. The topological polar surface area (TPSA) is 43.4 Å². The van der Waals surface area contributed by atoms with Gasteiger partial charge < -0.3 is 14.8 Å². The van der Waals surface area contributed by atoms with Crippen molar-refractivity contribution in [3.8, 4) is 22.8 Å². The minimum Gasteiger partial charge on any atom is -0.493 e. The summed E-state index contributed by atoms with van der Waals surface area (Å²) in [7, 11) is 5.19. The molecule has 0 aliphatic heterocycles. The molecule has 2 aromatic rings. The van der Waals surface area contributed by atoms with Gasteiger partial charge in [0.15, 0.2) is 11.5 Å². The van der Waals surface area contributed by atoms with E-state index in [1.54, 1.807) is 14.2 Å². The Morgan fingerprint density at radius 2 is 1.84 bits per heavy atom. The lowest BCUT2D eigenvalue weighted by Crippen LogP contribution is -2.05. The van der Waals surface area contributed by atoms with Gasteiger partial charge in [-0.3, -0.25) is 4.98 Å². The highest BCUT2D eigenvalue weighted by Crippen LogP contribution is 2.31. The Kier molecular flexibility index (Phi) is 4.36. The van der Waals surface area contributed by atoms with Gasteiger partial charge in [0, 0.05) is 18.3 Å². The second-order valence-electron chi connectivity index (χ2n) is 4.15. The maximum atomic E-state index is 5.31. The second-order valence-corrected chi connectivity index (χ2v) is 4.15. The smallest absolute Gasteiger partial charge is 0.161 e. The van der Waals surface area contributed by atoms with Crippen molar-refractivity contribution in [3.05, 3.63) is 42.1 Å². The Labute approximate surface area is 113 Å². The fraction of sp³-hybridized carbons (Fsp3) is 0.267. The molecule has 19 heavy (non-hydrogen) atoms. The van der Waals surface area contributed by atoms with Crippen molar-refractivity contribution < 1.29 is 9.47 Å². The molecular weight excluding hydrogens is 240 g/mol. The molecule has 1 heterocycles. The van der Waals surface area contributed by atoms with Crippen LogP contribution in [-0.2, 0) is 6.54 Å². The van der Waals surface area contributed by atoms with E-state index in [9.17, 15) is 0 Å². The molecule has 1 aromatic heterocycles. The van der Waals surface area contributed by atoms with Gasteiger partial charge in [0.25, 0.3) is 0 Å². The fourth-order valence-corrected chi connectivity index (χ4v) is 1.94. The van der Waals surface area contributed by atoms with E-state index in [0.717, 1.165) is 23.6 Å². The molecule has 0 radical (unpaired) electrons. The summed E-state index contributed by atoms with van der Waals surface area (Å²) >= 11 is 0. The minimum absolute atomic E-state index is 0.709. The summed E-state index contributed by atoms with van der Waals surface area (Å²) in [5, 5.41) is 3.13. The molecular formula is C15H18N2O2. The zero-order valence-corrected chi connectivity index (χ0v) is 11.4. The van der Waals surface area contributed by atoms with Crippen LogP contribution in [0.5, 0.6) is 11.5 Å². The summed E-state index contributed by atoms with van der Waals surface area (Å²) in [5.41, 5.74) is 3.13. The molecule has 0 spiro atoms. The molecule has 0 aliphatic carbocycles. The lowest BCUT2D eigenvalue weighted by atomic mass is 10.1. The molecule has 4 nitrogen and oxygen atoms in total. The number of hydrogen-bond donors (Lipinski definition) is 1. The van der Waals surface area contributed by atoms with E-state index in [0.29, 0.717) is 5.75 Å². The summed E-state index contributed by atoms with van der Waals surface area (Å²) < 4.78 is 10.5. The van der Waals surface area contributed by atoms with Gasteiger partial charge in [0.05, 0.1) is 19.9 Å². The van der Waals surface area contributed by atoms with Crippen LogP contribution in [0.2, 0.25) is 0 Å². The Morgan fingerprint density at radius 1 is 1.05 bits per heavy atom. The molecule has 2 rings (SSSR count). The normalized spacial score (nSPS) is 10.3. The predicted molar refractivity (Wildman–Crippen MR) is 75.5 cm³/mol. The number of benzene rings is 1. The molecule has 0 bridgehead atoms. The summed E-state index contributed by atoms with van der Waals surface area (Å²) in [6, 6.07) is 9.87. The van der Waals surface area contributed by atoms with Gasteiger partial charge in [-0.15, -0.1) is 0 Å². The lowest BCUT2D eigenvalue weighted by Gasteiger charge is -2.10. The molecule has 0 aliphatic rings. The van der Waals surface area contributed by atoms with Crippen molar-refractivity contribution in [3.63, 3.8) is 0 Å². The molecule has 0 atom stereocenters. The SMILES string of the molecule is CNCc1ccnc(-c2ccc(OC)c(OC)c2)c1. The number of aromatic nitrogens is 1. The first-order chi connectivity index (χ1) is 9.28. The minimum atomic E-state index is 0.709. The van der Waals surface area contributed by atoms with Crippen LogP contribution < -0.4 is 14.8 Å². The van der Waals surface area contributed by atoms with E-state index in [1.165, 1.54) is 5.56 Å². The lowest BCUT2D eigenvalue weighted by molar-refractivity contribution is 0.355. The van der Waals surface area contributed by atoms with Crippen LogP contribution in [0.15, 0.2) is 36.5 Å². The molecule has 0 saturated heterocycles. The van der Waals surface area contributed by atoms with Gasteiger partial charge >= 0.3 is 0 Å². The monoisotopic (exact) mass is 258 g/mol. The molecule has 0 amide bonds. The fourth-order valence-electron chi connectivity index (χ4n) is 1.94. The third kappa shape index (κ3) is 3.03. The Bertz CT molecular complexity index is 556. The summed E-state index contributed by atoms with van der Waals surface area (Å²) in [4.78, 5) is 4.40. The van der Waals surface area contributed by atoms with Gasteiger partial charge in [0.1, 0.15) is 0 Å². The Hall–Kier alpha value is -2.07. The van der Waals surface area contributed by atoms with Gasteiger partial charge in [0.2, 0.25) is 0 Å². The van der Waals surface area contributed by atoms with Gasteiger partial charge in [-0.2, -0.15) is 0 Å². The van der Waals surface area contributed by atoms with Crippen molar-refractivity contribution in [2.75, 3.05) is 21.3 Å². The van der Waals surface area contributed by atoms with E-state index in [1.807, 2.05) is 37.5 Å². The number of ether oxygens (including phenoxy) is 2. The Balaban J connectivity index is 2.38. The molecule has 100 valence electrons. The standard InChI is InChI=1S/C15H18N2O2/c1-16-10-11-6-7-17-13(8-11)12-4-5-14(18-2)15(9-12)19-3/h4-9,16H,10H2,1-3H3. The Morgan fingerprint density at radius 3 is 2.53 bits per heavy atom. The number of nitrogens with zero attached hydrogens (tertiary/aromatic N) is 1. The molecule has 0 unspecified atom stereocenters. The first-order valence-corrected chi connectivity index (χ1v) is 6.10. The quantitative estimate of drug-likeness (QED) is 0.894. The molecule has 1 N–H and O–H groups in total. The first kappa shape index (κ1) is 13.4. The van der Waals surface area contributed by atoms with Crippen LogP contribution in [0.1, 0.15) is 5.56 Å². The van der Waals surface area contributed by atoms with Crippen molar-refractivity contribution >= 4 is 0 Å². The first-order valence-electron chi connectivity index (χ1n) is 6.10. The number of rotatable bonds is 5. The van der Waals surface area contributed by atoms with Crippen LogP contribution in [-0.4, -0.2) is 26.3 Å². The summed E-state index contributed by atoms with van der Waals surface area (Å²) in [6.45, 7) is 0.822. The van der Waals surface area contributed by atoms with Crippen molar-refractivity contribution in [1.82, 2.24) is 10.3 Å². The highest BCUT2D eigenvalue weighted by Gasteiger charge is 2.07. The molecule has 0 fully saturated rings. The largest absolute Gasteiger partial charge is 0.493 e. The number of nitrogens with one attached hydrogen (secondary N) is 1. The number of methoxy groups -OCH3 is 2.